The highest BCUT2D eigenvalue weighted by Crippen LogP contribution is 2.16. The number of carbonyl (C=O) groups is 3. The van der Waals surface area contributed by atoms with Crippen molar-refractivity contribution in [1.29, 1.82) is 0 Å². The van der Waals surface area contributed by atoms with Crippen LogP contribution in [0.1, 0.15) is 23.7 Å². The number of thioether (sulfide) groups is 1. The highest BCUT2D eigenvalue weighted by Gasteiger charge is 2.27. The van der Waals surface area contributed by atoms with Gasteiger partial charge in [-0.25, -0.2) is 0 Å². The summed E-state index contributed by atoms with van der Waals surface area (Å²) in [5, 5.41) is 5.54. The number of hydrogen-bond acceptors (Lipinski definition) is 5. The minimum Gasteiger partial charge on any atom is -0.378 e. The molecule has 7 nitrogen and oxygen atoms in total. The number of nitrogens with zero attached hydrogens (tertiary/aromatic N) is 1. The van der Waals surface area contributed by atoms with Crippen molar-refractivity contribution < 1.29 is 19.1 Å². The van der Waals surface area contributed by atoms with E-state index in [0.717, 1.165) is 0 Å². The van der Waals surface area contributed by atoms with Gasteiger partial charge in [-0.1, -0.05) is 12.1 Å². The third kappa shape index (κ3) is 6.49. The van der Waals surface area contributed by atoms with E-state index in [0.29, 0.717) is 48.5 Å². The topological polar surface area (TPSA) is 87.7 Å². The van der Waals surface area contributed by atoms with Gasteiger partial charge in [0, 0.05) is 17.6 Å². The summed E-state index contributed by atoms with van der Waals surface area (Å²) >= 11 is 4.95. The second kappa shape index (κ2) is 11.4. The van der Waals surface area contributed by atoms with E-state index in [2.05, 4.69) is 26.6 Å². The lowest BCUT2D eigenvalue weighted by Gasteiger charge is -2.30. The summed E-state index contributed by atoms with van der Waals surface area (Å²) in [5.74, 6) is -0.123. The van der Waals surface area contributed by atoms with Crippen LogP contribution in [0, 0.1) is 0 Å². The Kier molecular flexibility index (Phi) is 9.27. The molecule has 0 bridgehead atoms. The van der Waals surface area contributed by atoms with Crippen molar-refractivity contribution in [1.82, 2.24) is 15.5 Å². The van der Waals surface area contributed by atoms with E-state index in [1.54, 1.807) is 41.8 Å². The third-order valence-corrected chi connectivity index (χ3v) is 5.74. The van der Waals surface area contributed by atoms with Gasteiger partial charge < -0.3 is 20.3 Å². The predicted molar refractivity (Wildman–Crippen MR) is 113 cm³/mol. The Bertz CT molecular complexity index is 698. The summed E-state index contributed by atoms with van der Waals surface area (Å²) in [4.78, 5) is 39.6. The van der Waals surface area contributed by atoms with Crippen LogP contribution in [0.3, 0.4) is 0 Å². The summed E-state index contributed by atoms with van der Waals surface area (Å²) in [6.45, 7) is 3.72. The minimum absolute atomic E-state index is 0.141. The monoisotopic (exact) mass is 471 g/mol. The van der Waals surface area contributed by atoms with Crippen LogP contribution >= 0.6 is 27.7 Å². The highest BCUT2D eigenvalue weighted by molar-refractivity contribution is 9.10. The molecule has 28 heavy (non-hydrogen) atoms. The molecule has 1 saturated heterocycles. The second-order valence-corrected chi connectivity index (χ2v) is 8.30. The molecule has 2 rings (SSSR count). The van der Waals surface area contributed by atoms with E-state index in [1.807, 2.05) is 12.3 Å². The average molecular weight is 472 g/mol. The Morgan fingerprint density at radius 1 is 1.21 bits per heavy atom. The Morgan fingerprint density at radius 3 is 2.54 bits per heavy atom. The van der Waals surface area contributed by atoms with E-state index >= 15 is 0 Å². The first-order valence-corrected chi connectivity index (χ1v) is 11.3. The molecule has 1 heterocycles. The highest BCUT2D eigenvalue weighted by atomic mass is 79.9. The van der Waals surface area contributed by atoms with E-state index in [-0.39, 0.29) is 17.7 Å². The molecule has 1 fully saturated rings. The van der Waals surface area contributed by atoms with E-state index in [4.69, 9.17) is 4.74 Å². The number of benzene rings is 1. The molecule has 2 atom stereocenters. The van der Waals surface area contributed by atoms with Gasteiger partial charge in [0.05, 0.1) is 18.8 Å². The van der Waals surface area contributed by atoms with Gasteiger partial charge >= 0.3 is 0 Å². The summed E-state index contributed by atoms with van der Waals surface area (Å²) in [6.07, 6.45) is 2.41. The first-order chi connectivity index (χ1) is 13.4. The van der Waals surface area contributed by atoms with Crippen LogP contribution < -0.4 is 10.6 Å². The van der Waals surface area contributed by atoms with Gasteiger partial charge in [-0.15, -0.1) is 0 Å². The molecule has 3 amide bonds. The molecular formula is C19H26BrN3O4S. The quantitative estimate of drug-likeness (QED) is 0.601. The fourth-order valence-electron chi connectivity index (χ4n) is 2.82. The van der Waals surface area contributed by atoms with Gasteiger partial charge in [0.2, 0.25) is 11.8 Å². The van der Waals surface area contributed by atoms with Crippen molar-refractivity contribution in [2.75, 3.05) is 38.3 Å². The summed E-state index contributed by atoms with van der Waals surface area (Å²) in [5.41, 5.74) is 0.460. The lowest BCUT2D eigenvalue weighted by molar-refractivity contribution is -0.139. The van der Waals surface area contributed by atoms with Gasteiger partial charge in [0.15, 0.2) is 0 Å². The number of carbonyl (C=O) groups excluding carboxylic acids is 3. The molecule has 9 heteroatoms. The fourth-order valence-corrected chi connectivity index (χ4v) is 3.76. The van der Waals surface area contributed by atoms with Crippen LogP contribution in [0.5, 0.6) is 0 Å². The van der Waals surface area contributed by atoms with Crippen LogP contribution in [0.25, 0.3) is 0 Å². The lowest BCUT2D eigenvalue weighted by Crippen LogP contribution is -2.55. The molecule has 0 radical (unpaired) electrons. The zero-order chi connectivity index (χ0) is 20.5. The molecule has 1 aromatic carbocycles. The summed E-state index contributed by atoms with van der Waals surface area (Å²) in [7, 11) is 0. The standard InChI is InChI=1S/C19H26BrN3O4S/c1-13(19(26)23-8-10-27-11-9-23)21-18(25)16(7-12-28-2)22-17(24)14-5-3-4-6-15(14)20/h3-6,13,16H,7-12H2,1-2H3,(H,21,25)(H,22,24). The molecule has 1 aliphatic rings. The third-order valence-electron chi connectivity index (χ3n) is 4.40. The first kappa shape index (κ1) is 22.7. The van der Waals surface area contributed by atoms with Crippen molar-refractivity contribution in [3.63, 3.8) is 0 Å². The number of hydrogen-bond donors (Lipinski definition) is 2. The SMILES string of the molecule is CSCCC(NC(=O)c1ccccc1Br)C(=O)NC(C)C(=O)N1CCOCC1. The number of morpholine rings is 1. The van der Waals surface area contributed by atoms with Crippen LogP contribution in [0.4, 0.5) is 0 Å². The normalized spacial score (nSPS) is 16.2. The zero-order valence-corrected chi connectivity index (χ0v) is 18.5. The van der Waals surface area contributed by atoms with E-state index in [9.17, 15) is 14.4 Å². The maximum absolute atomic E-state index is 12.8. The fraction of sp³-hybridized carbons (Fsp3) is 0.526. The number of nitrogens with one attached hydrogen (secondary N) is 2. The largest absolute Gasteiger partial charge is 0.378 e. The lowest BCUT2D eigenvalue weighted by atomic mass is 10.1. The predicted octanol–water partition coefficient (Wildman–Crippen LogP) is 1.66. The number of rotatable bonds is 8. The summed E-state index contributed by atoms with van der Waals surface area (Å²) in [6, 6.07) is 5.66. The van der Waals surface area contributed by atoms with Crippen LogP contribution in [0.15, 0.2) is 28.7 Å². The smallest absolute Gasteiger partial charge is 0.253 e. The first-order valence-electron chi connectivity index (χ1n) is 9.15. The number of ether oxygens (including phenoxy) is 1. The molecule has 2 N–H and O–H groups in total. The Hall–Kier alpha value is -1.58. The molecule has 1 aliphatic heterocycles. The van der Waals surface area contributed by atoms with Crippen molar-refractivity contribution in [3.05, 3.63) is 34.3 Å². The van der Waals surface area contributed by atoms with Crippen LogP contribution in [-0.4, -0.2) is 73.0 Å². The second-order valence-electron chi connectivity index (χ2n) is 6.46. The van der Waals surface area contributed by atoms with Gasteiger partial charge in [-0.3, -0.25) is 14.4 Å². The Balaban J connectivity index is 2.00. The molecule has 0 aromatic heterocycles. The Morgan fingerprint density at radius 2 is 1.89 bits per heavy atom. The molecule has 2 unspecified atom stereocenters. The molecule has 0 saturated carbocycles. The van der Waals surface area contributed by atoms with Gasteiger partial charge in [-0.2, -0.15) is 11.8 Å². The van der Waals surface area contributed by atoms with E-state index in [1.165, 1.54) is 0 Å². The Labute approximate surface area is 178 Å². The molecule has 0 spiro atoms. The van der Waals surface area contributed by atoms with Crippen molar-refractivity contribution in [2.45, 2.75) is 25.4 Å². The van der Waals surface area contributed by atoms with Gasteiger partial charge in [-0.05, 0) is 53.4 Å². The van der Waals surface area contributed by atoms with Crippen molar-refractivity contribution in [2.24, 2.45) is 0 Å². The van der Waals surface area contributed by atoms with Crippen LogP contribution in [0.2, 0.25) is 0 Å². The van der Waals surface area contributed by atoms with Gasteiger partial charge in [0.25, 0.3) is 5.91 Å². The molecule has 1 aromatic rings. The van der Waals surface area contributed by atoms with E-state index < -0.39 is 12.1 Å². The molecular weight excluding hydrogens is 446 g/mol. The van der Waals surface area contributed by atoms with Crippen molar-refractivity contribution in [3.8, 4) is 0 Å². The molecule has 154 valence electrons. The minimum atomic E-state index is -0.716. The number of halogens is 1. The van der Waals surface area contributed by atoms with Crippen molar-refractivity contribution >= 4 is 45.4 Å². The molecule has 0 aliphatic carbocycles. The summed E-state index contributed by atoms with van der Waals surface area (Å²) < 4.78 is 5.91. The maximum atomic E-state index is 12.8. The zero-order valence-electron chi connectivity index (χ0n) is 16.1. The number of amides is 3. The maximum Gasteiger partial charge on any atom is 0.253 e. The van der Waals surface area contributed by atoms with Gasteiger partial charge in [0.1, 0.15) is 12.1 Å². The average Bonchev–Trinajstić information content (AvgIpc) is 2.71. The van der Waals surface area contributed by atoms with Crippen LogP contribution in [-0.2, 0) is 14.3 Å².